The number of rotatable bonds is 11. The molecule has 3 aliphatic heterocycles. The van der Waals surface area contributed by atoms with Crippen molar-refractivity contribution in [1.29, 1.82) is 0 Å². The van der Waals surface area contributed by atoms with Gasteiger partial charge in [-0.25, -0.2) is 19.9 Å². The van der Waals surface area contributed by atoms with Gasteiger partial charge in [0.15, 0.2) is 5.82 Å². The minimum absolute atomic E-state index is 0.260. The van der Waals surface area contributed by atoms with Gasteiger partial charge in [-0.1, -0.05) is 30.3 Å². The molecular weight excluding hydrogens is 977 g/mol. The molecule has 0 saturated carbocycles. The highest BCUT2D eigenvalue weighted by Crippen LogP contribution is 2.40. The molecule has 5 N–H and O–H groups in total. The molecule has 1 aromatic carbocycles. The van der Waals surface area contributed by atoms with Crippen LogP contribution in [0.3, 0.4) is 0 Å². The molecule has 19 nitrogen and oxygen atoms in total. The molecular formula is C59H44N18O. The van der Waals surface area contributed by atoms with Crippen LogP contribution in [0.5, 0.6) is 0 Å². The van der Waals surface area contributed by atoms with E-state index in [1.807, 2.05) is 91.5 Å². The molecule has 1 saturated heterocycles. The number of aromatic amines is 2. The molecule has 0 atom stereocenters. The SMILES string of the molecule is O=C(Nc1cncc(-c2cc3c(C4=CNc5c(cncc5-c5ccccn5)N4)n[nH]c3c(-c3cccc(-c4cncc5[nH]c(C6=NC=NCc7cnc(-c8cncc(CN9CCCC9)c8)cc76)nc45)n3)n2)c1)c1ccccc1. The summed E-state index contributed by atoms with van der Waals surface area (Å²) in [4.78, 5) is 72.3. The van der Waals surface area contributed by atoms with Gasteiger partial charge in [-0.15, -0.1) is 0 Å². The van der Waals surface area contributed by atoms with E-state index in [0.29, 0.717) is 91.2 Å². The Morgan fingerprint density at radius 2 is 1.49 bits per heavy atom. The first-order valence-corrected chi connectivity index (χ1v) is 25.4. The molecule has 1 amide bonds. The monoisotopic (exact) mass is 1020 g/mol. The Hall–Kier alpha value is -10.5. The number of pyridine rings is 8. The van der Waals surface area contributed by atoms with Crippen LogP contribution in [0.4, 0.5) is 17.1 Å². The molecule has 14 rings (SSSR count). The molecule has 0 bridgehead atoms. The fourth-order valence-electron chi connectivity index (χ4n) is 10.2. The number of amides is 1. The maximum Gasteiger partial charge on any atom is 0.255 e. The molecule has 13 heterocycles. The number of benzene rings is 1. The first kappa shape index (κ1) is 46.0. The van der Waals surface area contributed by atoms with Crippen LogP contribution in [-0.2, 0) is 13.1 Å². The second kappa shape index (κ2) is 19.6. The third-order valence-electron chi connectivity index (χ3n) is 14.0. The Morgan fingerprint density at radius 1 is 0.667 bits per heavy atom. The molecule has 1 fully saturated rings. The van der Waals surface area contributed by atoms with Crippen molar-refractivity contribution in [3.05, 3.63) is 193 Å². The highest BCUT2D eigenvalue weighted by Gasteiger charge is 2.25. The lowest BCUT2D eigenvalue weighted by Crippen LogP contribution is -2.18. The van der Waals surface area contributed by atoms with Crippen LogP contribution in [0, 0.1) is 0 Å². The maximum atomic E-state index is 13.3. The summed E-state index contributed by atoms with van der Waals surface area (Å²) in [6.45, 7) is 3.49. The van der Waals surface area contributed by atoms with Crippen molar-refractivity contribution in [3.8, 4) is 56.4 Å². The summed E-state index contributed by atoms with van der Waals surface area (Å²) in [6.07, 6.45) is 23.7. The van der Waals surface area contributed by atoms with Crippen molar-refractivity contribution in [2.45, 2.75) is 25.9 Å². The van der Waals surface area contributed by atoms with Gasteiger partial charge in [0.2, 0.25) is 0 Å². The number of carbonyl (C=O) groups excluding carboxylic acids is 1. The second-order valence-corrected chi connectivity index (χ2v) is 19.1. The van der Waals surface area contributed by atoms with Crippen LogP contribution in [0.2, 0.25) is 0 Å². The minimum Gasteiger partial charge on any atom is -0.357 e. The van der Waals surface area contributed by atoms with Gasteiger partial charge >= 0.3 is 0 Å². The predicted molar refractivity (Wildman–Crippen MR) is 300 cm³/mol. The number of nitrogens with zero attached hydrogens (tertiary/aromatic N) is 13. The lowest BCUT2D eigenvalue weighted by molar-refractivity contribution is 0.102. The van der Waals surface area contributed by atoms with Gasteiger partial charge in [-0.2, -0.15) is 5.10 Å². The van der Waals surface area contributed by atoms with E-state index < -0.39 is 0 Å². The molecule has 78 heavy (non-hydrogen) atoms. The zero-order chi connectivity index (χ0) is 51.9. The summed E-state index contributed by atoms with van der Waals surface area (Å²) in [5, 5.41) is 19.0. The number of aliphatic imine (C=N–C) groups is 2. The van der Waals surface area contributed by atoms with Crippen LogP contribution in [0.1, 0.15) is 51.4 Å². The van der Waals surface area contributed by atoms with Gasteiger partial charge in [0.1, 0.15) is 29.0 Å². The second-order valence-electron chi connectivity index (χ2n) is 19.1. The summed E-state index contributed by atoms with van der Waals surface area (Å²) in [7, 11) is 0. The fraction of sp³-hybridized carbons (Fsp3) is 0.102. The highest BCUT2D eigenvalue weighted by molar-refractivity contribution is 6.16. The Kier molecular flexibility index (Phi) is 11.6. The van der Waals surface area contributed by atoms with Crippen LogP contribution < -0.4 is 16.0 Å². The molecule has 0 spiro atoms. The number of hydrogen-bond donors (Lipinski definition) is 5. The first-order chi connectivity index (χ1) is 38.5. The third kappa shape index (κ3) is 8.74. The van der Waals surface area contributed by atoms with Crippen molar-refractivity contribution in [2.75, 3.05) is 29.0 Å². The largest absolute Gasteiger partial charge is 0.357 e. The van der Waals surface area contributed by atoms with Gasteiger partial charge in [0, 0.05) is 100 Å². The first-order valence-electron chi connectivity index (χ1n) is 25.4. The van der Waals surface area contributed by atoms with Gasteiger partial charge in [-0.3, -0.25) is 49.7 Å². The average molecular weight is 1020 g/mol. The van der Waals surface area contributed by atoms with Gasteiger partial charge in [0.05, 0.1) is 87.4 Å². The number of H-pyrrole nitrogens is 2. The maximum absolute atomic E-state index is 13.3. The smallest absolute Gasteiger partial charge is 0.255 e. The highest BCUT2D eigenvalue weighted by atomic mass is 16.1. The zero-order valence-corrected chi connectivity index (χ0v) is 41.6. The van der Waals surface area contributed by atoms with E-state index in [0.717, 1.165) is 75.6 Å². The number of carbonyl (C=O) groups is 1. The van der Waals surface area contributed by atoms with Crippen LogP contribution in [-0.4, -0.2) is 96.0 Å². The summed E-state index contributed by atoms with van der Waals surface area (Å²) in [6, 6.07) is 28.6. The minimum atomic E-state index is -0.260. The Bertz CT molecular complexity index is 4240. The number of anilines is 3. The molecule has 10 aromatic heterocycles. The lowest BCUT2D eigenvalue weighted by atomic mass is 10.0. The van der Waals surface area contributed by atoms with Crippen molar-refractivity contribution >= 4 is 62.7 Å². The number of nitrogens with one attached hydrogen (secondary N) is 5. The number of likely N-dealkylation sites (tertiary alicyclic amines) is 1. The Labute approximate surface area is 445 Å². The molecule has 0 aliphatic carbocycles. The fourth-order valence-corrected chi connectivity index (χ4v) is 10.2. The third-order valence-corrected chi connectivity index (χ3v) is 14.0. The van der Waals surface area contributed by atoms with E-state index in [1.165, 1.54) is 12.8 Å². The lowest BCUT2D eigenvalue weighted by Gasteiger charge is -2.21. The topological polar surface area (TPSA) is 242 Å². The summed E-state index contributed by atoms with van der Waals surface area (Å²) in [5.74, 6) is 0.287. The summed E-state index contributed by atoms with van der Waals surface area (Å²) in [5.41, 5.74) is 16.4. The number of hydrogen-bond acceptors (Lipinski definition) is 16. The molecule has 3 aliphatic rings. The Balaban J connectivity index is 0.837. The zero-order valence-electron chi connectivity index (χ0n) is 41.6. The number of fused-ring (bicyclic) bond motifs is 4. The van der Waals surface area contributed by atoms with Crippen LogP contribution in [0.25, 0.3) is 84.1 Å². The van der Waals surface area contributed by atoms with Crippen molar-refractivity contribution < 1.29 is 4.79 Å². The Morgan fingerprint density at radius 3 is 2.38 bits per heavy atom. The quantitative estimate of drug-likeness (QED) is 0.0810. The van der Waals surface area contributed by atoms with E-state index in [4.69, 9.17) is 30.0 Å². The number of imidazole rings is 1. The van der Waals surface area contributed by atoms with E-state index in [-0.39, 0.29) is 5.91 Å². The van der Waals surface area contributed by atoms with E-state index in [2.05, 4.69) is 73.0 Å². The molecule has 0 radical (unpaired) electrons. The van der Waals surface area contributed by atoms with Crippen LogP contribution >= 0.6 is 0 Å². The van der Waals surface area contributed by atoms with Gasteiger partial charge in [0.25, 0.3) is 5.91 Å². The van der Waals surface area contributed by atoms with Crippen molar-refractivity contribution in [2.24, 2.45) is 9.98 Å². The molecule has 376 valence electrons. The average Bonchev–Trinajstić information content (AvgIpc) is 4.42. The normalized spacial score (nSPS) is 14.0. The molecule has 0 unspecified atom stereocenters. The van der Waals surface area contributed by atoms with Crippen molar-refractivity contribution in [1.82, 2.24) is 64.9 Å². The van der Waals surface area contributed by atoms with Gasteiger partial charge < -0.3 is 20.9 Å². The summed E-state index contributed by atoms with van der Waals surface area (Å²) >= 11 is 0. The summed E-state index contributed by atoms with van der Waals surface area (Å²) < 4.78 is 0. The van der Waals surface area contributed by atoms with Crippen molar-refractivity contribution in [3.63, 3.8) is 0 Å². The molecule has 19 heteroatoms. The number of aromatic nitrogens is 12. The van der Waals surface area contributed by atoms with E-state index >= 15 is 0 Å². The van der Waals surface area contributed by atoms with Crippen LogP contribution in [0.15, 0.2) is 169 Å². The molecule has 11 aromatic rings. The van der Waals surface area contributed by atoms with E-state index in [9.17, 15) is 4.79 Å². The van der Waals surface area contributed by atoms with Gasteiger partial charge in [-0.05, 0) is 92.2 Å². The predicted octanol–water partition coefficient (Wildman–Crippen LogP) is 10.00. The van der Waals surface area contributed by atoms with E-state index in [1.54, 1.807) is 61.8 Å². The standard InChI is InChI=1S/C59H44N18O/c78-59(35-9-2-1-3-10-35)69-39-18-37(23-61-26-39)48-20-41-54(51-31-67-52-42(27-62-29-49(52)71-51)44-11-4-5-14-65-44)75-76-55(41)57(72-48)46-13-8-12-45(70-46)43-28-63-30-50-53(43)74-58(73-50)56-40-19-47(66-25-38(40)24-64-33-68-56)36-17-34(21-60-22-36)32-77-15-6-7-16-77/h1-5,8-14,17-23,25-31,33,67,71H,6-7,15-16,24,32H2,(H,69,78)(H,73,74)(H,75,76).